The summed E-state index contributed by atoms with van der Waals surface area (Å²) < 4.78 is 21.8. The number of nitrogens with one attached hydrogen (secondary N) is 1. The fourth-order valence-corrected chi connectivity index (χ4v) is 14.8. The summed E-state index contributed by atoms with van der Waals surface area (Å²) >= 11 is 0. The number of nitrogens with zero attached hydrogens (tertiary/aromatic N) is 2. The molecule has 0 radical (unpaired) electrons. The fourth-order valence-electron chi connectivity index (χ4n) is 14.8. The van der Waals surface area contributed by atoms with E-state index >= 15 is 0 Å². The third kappa shape index (κ3) is 7.28. The van der Waals surface area contributed by atoms with Gasteiger partial charge in [-0.05, 0) is 200 Å². The maximum atomic E-state index is 7.72. The molecular formula is C72H68B3N3O3. The first-order valence-electron chi connectivity index (χ1n) is 29.2. The van der Waals surface area contributed by atoms with Crippen molar-refractivity contribution >= 4 is 115 Å². The van der Waals surface area contributed by atoms with Crippen molar-refractivity contribution in [1.29, 1.82) is 0 Å². The second kappa shape index (κ2) is 16.8. The molecule has 15 rings (SSSR count). The van der Waals surface area contributed by atoms with E-state index in [0.717, 1.165) is 68.4 Å². The summed E-state index contributed by atoms with van der Waals surface area (Å²) in [7, 11) is 0. The lowest BCUT2D eigenvalue weighted by atomic mass is 9.29. The molecule has 0 saturated heterocycles. The maximum absolute atomic E-state index is 7.72. The second-order valence-electron chi connectivity index (χ2n) is 27.4. The van der Waals surface area contributed by atoms with Crippen LogP contribution in [0.3, 0.4) is 0 Å². The number of anilines is 8. The Hall–Kier alpha value is -8.03. The number of hydrogen-bond acceptors (Lipinski definition) is 6. The van der Waals surface area contributed by atoms with E-state index in [-0.39, 0.29) is 36.4 Å². The van der Waals surface area contributed by atoms with Crippen LogP contribution in [0, 0.1) is 41.5 Å². The Bertz CT molecular complexity index is 4260. The summed E-state index contributed by atoms with van der Waals surface area (Å²) in [5.41, 5.74) is 30.7. The van der Waals surface area contributed by atoms with Gasteiger partial charge >= 0.3 is 0 Å². The molecule has 398 valence electrons. The normalized spacial score (nSPS) is 14.6. The van der Waals surface area contributed by atoms with E-state index in [4.69, 9.17) is 14.2 Å². The highest BCUT2D eigenvalue weighted by atomic mass is 16.5. The predicted molar refractivity (Wildman–Crippen MR) is 344 cm³/mol. The molecule has 0 spiro atoms. The molecule has 0 saturated carbocycles. The number of benzene rings is 9. The molecule has 0 fully saturated rings. The number of fused-ring (bicyclic) bond motifs is 12. The summed E-state index contributed by atoms with van der Waals surface area (Å²) in [5.74, 6) is 5.43. The molecule has 0 unspecified atom stereocenters. The van der Waals surface area contributed by atoms with E-state index in [2.05, 4.69) is 252 Å². The lowest BCUT2D eigenvalue weighted by molar-refractivity contribution is 0.482. The molecule has 9 heteroatoms. The third-order valence-corrected chi connectivity index (χ3v) is 18.5. The van der Waals surface area contributed by atoms with Crippen molar-refractivity contribution in [2.45, 2.75) is 120 Å². The zero-order valence-electron chi connectivity index (χ0n) is 49.6. The summed E-state index contributed by atoms with van der Waals surface area (Å²) in [4.78, 5) is 5.15. The molecular weight excluding hydrogens is 987 g/mol. The molecule has 0 aliphatic carbocycles. The minimum Gasteiger partial charge on any atom is -0.458 e. The molecule has 6 nitrogen and oxygen atoms in total. The van der Waals surface area contributed by atoms with Crippen LogP contribution in [0.1, 0.15) is 112 Å². The number of hydrogen-bond donors (Lipinski definition) is 1. The molecule has 9 aromatic carbocycles. The van der Waals surface area contributed by atoms with Gasteiger partial charge in [-0.15, -0.1) is 0 Å². The average molecular weight is 1060 g/mol. The molecule has 0 amide bonds. The van der Waals surface area contributed by atoms with Crippen LogP contribution in [0.15, 0.2) is 133 Å². The first-order valence-corrected chi connectivity index (χ1v) is 29.2. The smallest absolute Gasteiger partial charge is 0.256 e. The van der Waals surface area contributed by atoms with Gasteiger partial charge < -0.3 is 29.3 Å². The third-order valence-electron chi connectivity index (χ3n) is 18.5. The largest absolute Gasteiger partial charge is 0.458 e. The lowest BCUT2D eigenvalue weighted by Crippen LogP contribution is -2.65. The minimum absolute atomic E-state index is 0.0695. The van der Waals surface area contributed by atoms with Crippen LogP contribution in [0.4, 0.5) is 45.5 Å². The highest BCUT2D eigenvalue weighted by molar-refractivity contribution is 7.03. The summed E-state index contributed by atoms with van der Waals surface area (Å²) in [6, 6.07) is 51.0. The Kier molecular flexibility index (Phi) is 10.4. The lowest BCUT2D eigenvalue weighted by Gasteiger charge is -2.45. The van der Waals surface area contributed by atoms with Gasteiger partial charge in [-0.1, -0.05) is 146 Å². The van der Waals surface area contributed by atoms with Crippen LogP contribution in [0.5, 0.6) is 34.5 Å². The van der Waals surface area contributed by atoms with Gasteiger partial charge in [0.15, 0.2) is 0 Å². The maximum Gasteiger partial charge on any atom is 0.256 e. The van der Waals surface area contributed by atoms with Crippen LogP contribution >= 0.6 is 0 Å². The van der Waals surface area contributed by atoms with Gasteiger partial charge in [-0.25, -0.2) is 0 Å². The first kappa shape index (κ1) is 50.0. The van der Waals surface area contributed by atoms with Crippen molar-refractivity contribution in [2.24, 2.45) is 0 Å². The Balaban J connectivity index is 1.06. The predicted octanol–water partition coefficient (Wildman–Crippen LogP) is 12.9. The van der Waals surface area contributed by atoms with Crippen molar-refractivity contribution in [2.75, 3.05) is 15.1 Å². The molecule has 0 bridgehead atoms. The molecule has 9 aromatic rings. The van der Waals surface area contributed by atoms with Gasteiger partial charge in [-0.3, -0.25) is 0 Å². The number of rotatable bonds is 2. The molecule has 1 N–H and O–H groups in total. The molecule has 6 aliphatic rings. The molecule has 81 heavy (non-hydrogen) atoms. The van der Waals surface area contributed by atoms with Crippen molar-refractivity contribution in [3.05, 3.63) is 184 Å². The molecule has 6 heterocycles. The number of aryl methyl sites for hydroxylation is 6. The van der Waals surface area contributed by atoms with E-state index in [9.17, 15) is 0 Å². The van der Waals surface area contributed by atoms with Crippen LogP contribution in [0.2, 0.25) is 0 Å². The van der Waals surface area contributed by atoms with Gasteiger partial charge in [0.05, 0.1) is 11.4 Å². The Morgan fingerprint density at radius 3 is 1.21 bits per heavy atom. The van der Waals surface area contributed by atoms with Crippen molar-refractivity contribution in [1.82, 2.24) is 0 Å². The van der Waals surface area contributed by atoms with Crippen LogP contribution in [0.25, 0.3) is 0 Å². The average Bonchev–Trinajstić information content (AvgIpc) is 3.58. The minimum atomic E-state index is -0.199. The van der Waals surface area contributed by atoms with Crippen molar-refractivity contribution < 1.29 is 14.2 Å². The Morgan fingerprint density at radius 2 is 0.728 bits per heavy atom. The standard InChI is InChI=1S/C72H68B3N3O3/c1-38-24-40(3)68(41(4)25-38)77-55-36-53-49(73-47-20-16-18-22-59(47)79-62-31-44(70(7,8)9)28-54(76-53)65(62)73)34-50(55)75-52-35-51-56(37-61(52)81-64-33-46(72(13,14)15)30-58(77)67(64)75)78(69-42(5)26-39(2)27-43(69)6)57-29-45(71(10,11)12)32-63-66(57)74(51)48-21-17-19-23-60(48)80-63/h16-37,76H,1-15H3. The topological polar surface area (TPSA) is 46.2 Å². The summed E-state index contributed by atoms with van der Waals surface area (Å²) in [6.07, 6.45) is 0. The molecule has 0 atom stereocenters. The van der Waals surface area contributed by atoms with Gasteiger partial charge in [0.1, 0.15) is 34.5 Å². The highest BCUT2D eigenvalue weighted by Crippen LogP contribution is 2.50. The first-order chi connectivity index (χ1) is 38.5. The zero-order valence-corrected chi connectivity index (χ0v) is 49.6. The van der Waals surface area contributed by atoms with E-state index in [1.807, 2.05) is 0 Å². The van der Waals surface area contributed by atoms with Crippen molar-refractivity contribution in [3.8, 4) is 34.5 Å². The van der Waals surface area contributed by atoms with Crippen molar-refractivity contribution in [3.63, 3.8) is 0 Å². The number of para-hydroxylation sites is 2. The molecule has 6 aliphatic heterocycles. The van der Waals surface area contributed by atoms with E-state index < -0.39 is 0 Å². The van der Waals surface area contributed by atoms with Gasteiger partial charge in [0.25, 0.3) is 20.1 Å². The van der Waals surface area contributed by atoms with Crippen LogP contribution in [-0.4, -0.2) is 20.1 Å². The SMILES string of the molecule is Cc1cc(C)c(N2c3cc4c(cc3B3c5cc6c(cc5Oc5cc(C(C)(C)C)cc2c53)N(c2c(C)cc(C)cc2C)c2cc(C(C)(C)C)cc3c2B6c2ccccc2O3)B2c3ccccc3Oc3cc(C(C)(C)C)cc(c32)N4)c(C)c1. The molecule has 0 aromatic heterocycles. The second-order valence-corrected chi connectivity index (χ2v) is 27.4. The van der Waals surface area contributed by atoms with E-state index in [1.54, 1.807) is 0 Å². The van der Waals surface area contributed by atoms with Crippen LogP contribution in [-0.2, 0) is 16.2 Å². The number of ether oxygens (including phenoxy) is 3. The van der Waals surface area contributed by atoms with E-state index in [1.165, 1.54) is 111 Å². The monoisotopic (exact) mass is 1060 g/mol. The summed E-state index contributed by atoms with van der Waals surface area (Å²) in [6.45, 7) is 33.9. The van der Waals surface area contributed by atoms with Gasteiger partial charge in [0, 0.05) is 40.2 Å². The van der Waals surface area contributed by atoms with Gasteiger partial charge in [0.2, 0.25) is 0 Å². The Labute approximate surface area is 479 Å². The van der Waals surface area contributed by atoms with Gasteiger partial charge in [-0.2, -0.15) is 0 Å². The quantitative estimate of drug-likeness (QED) is 0.174. The Morgan fingerprint density at radius 1 is 0.333 bits per heavy atom. The fraction of sp³-hybridized carbons (Fsp3) is 0.250. The summed E-state index contributed by atoms with van der Waals surface area (Å²) in [5, 5.41) is 4.10. The van der Waals surface area contributed by atoms with E-state index in [0.29, 0.717) is 0 Å². The highest BCUT2D eigenvalue weighted by Gasteiger charge is 2.50. The van der Waals surface area contributed by atoms with Crippen LogP contribution < -0.4 is 78.5 Å². The zero-order chi connectivity index (χ0) is 56.2.